The number of unbranched alkanes of at least 4 members (excludes halogenated alkanes) is 2. The minimum atomic E-state index is -1.26. The molecule has 0 aliphatic heterocycles. The summed E-state index contributed by atoms with van der Waals surface area (Å²) in [5.74, 6) is 1.32. The molecule has 2 rings (SSSR count). The lowest BCUT2D eigenvalue weighted by atomic mass is 9.79. The zero-order chi connectivity index (χ0) is 25.0. The van der Waals surface area contributed by atoms with Gasteiger partial charge in [0.2, 0.25) is 0 Å². The first-order valence-electron chi connectivity index (χ1n) is 13.8. The van der Waals surface area contributed by atoms with E-state index in [4.69, 9.17) is 4.74 Å². The number of aliphatic hydroxyl groups is 1. The van der Waals surface area contributed by atoms with Gasteiger partial charge in [-0.2, -0.15) is 0 Å². The normalized spacial score (nSPS) is 19.6. The molecule has 1 unspecified atom stereocenters. The summed E-state index contributed by atoms with van der Waals surface area (Å²) >= 11 is 0. The molecule has 0 amide bonds. The molecule has 0 saturated heterocycles. The number of hydrogen-bond acceptors (Lipinski definition) is 3. The summed E-state index contributed by atoms with van der Waals surface area (Å²) in [6.45, 7) is 13.0. The van der Waals surface area contributed by atoms with Crippen LogP contribution in [-0.4, -0.2) is 32.4 Å². The van der Waals surface area contributed by atoms with Crippen LogP contribution in [0.3, 0.4) is 0 Å². The van der Waals surface area contributed by atoms with Crippen LogP contribution in [0.2, 0.25) is 25.2 Å². The van der Waals surface area contributed by atoms with E-state index in [0.717, 1.165) is 24.7 Å². The molecule has 34 heavy (non-hydrogen) atoms. The molecule has 0 bridgehead atoms. The molecule has 0 spiro atoms. The second-order valence-electron chi connectivity index (χ2n) is 11.6. The van der Waals surface area contributed by atoms with Gasteiger partial charge in [-0.15, -0.1) is 0 Å². The Hall–Kier alpha value is -1.39. The van der Waals surface area contributed by atoms with Crippen LogP contribution >= 0.6 is 0 Å². The molecule has 1 aliphatic rings. The van der Waals surface area contributed by atoms with Gasteiger partial charge in [-0.1, -0.05) is 95.1 Å². The fraction of sp³-hybridized carbons (Fsp3) is 0.700. The van der Waals surface area contributed by atoms with Crippen molar-refractivity contribution in [1.29, 1.82) is 0 Å². The number of carbonyl (C=O) groups is 1. The first-order chi connectivity index (χ1) is 16.2. The van der Waals surface area contributed by atoms with Gasteiger partial charge in [0.15, 0.2) is 0 Å². The van der Waals surface area contributed by atoms with Crippen LogP contribution in [-0.2, 0) is 16.0 Å². The molecule has 4 heteroatoms. The maximum atomic E-state index is 11.6. The first kappa shape index (κ1) is 28.8. The average Bonchev–Trinajstić information content (AvgIpc) is 2.82. The highest BCUT2D eigenvalue weighted by molar-refractivity contribution is 6.77. The minimum Gasteiger partial charge on any atom is -0.462 e. The van der Waals surface area contributed by atoms with Crippen molar-refractivity contribution in [1.82, 2.24) is 0 Å². The smallest absolute Gasteiger partial charge is 0.333 e. The van der Waals surface area contributed by atoms with E-state index >= 15 is 0 Å². The van der Waals surface area contributed by atoms with Gasteiger partial charge in [0.25, 0.3) is 0 Å². The summed E-state index contributed by atoms with van der Waals surface area (Å²) < 4.78 is 5.25. The molecular formula is C30H50O3Si. The molecule has 0 heterocycles. The highest BCUT2D eigenvalue weighted by atomic mass is 28.3. The van der Waals surface area contributed by atoms with Crippen molar-refractivity contribution in [2.75, 3.05) is 13.2 Å². The number of ether oxygens (including phenoxy) is 1. The van der Waals surface area contributed by atoms with Gasteiger partial charge in [-0.25, -0.2) is 4.79 Å². The van der Waals surface area contributed by atoms with Gasteiger partial charge >= 0.3 is 5.97 Å². The van der Waals surface area contributed by atoms with E-state index in [1.165, 1.54) is 69.0 Å². The highest BCUT2D eigenvalue weighted by Crippen LogP contribution is 2.40. The second-order valence-corrected chi connectivity index (χ2v) is 16.8. The van der Waals surface area contributed by atoms with Gasteiger partial charge < -0.3 is 9.84 Å². The van der Waals surface area contributed by atoms with Gasteiger partial charge in [-0.05, 0) is 62.0 Å². The quantitative estimate of drug-likeness (QED) is 0.119. The van der Waals surface area contributed by atoms with E-state index in [1.807, 2.05) is 0 Å². The molecule has 1 atom stereocenters. The molecule has 1 aromatic rings. The summed E-state index contributed by atoms with van der Waals surface area (Å²) in [6.07, 6.45) is 12.6. The topological polar surface area (TPSA) is 46.5 Å². The number of aryl methyl sites for hydroxylation is 1. The number of aliphatic hydroxyl groups excluding tert-OH is 1. The van der Waals surface area contributed by atoms with Crippen molar-refractivity contribution in [2.24, 2.45) is 11.8 Å². The van der Waals surface area contributed by atoms with Crippen LogP contribution in [0.15, 0.2) is 36.4 Å². The third-order valence-electron chi connectivity index (χ3n) is 7.73. The Labute approximate surface area is 210 Å². The van der Waals surface area contributed by atoms with Gasteiger partial charge in [-0.3, -0.25) is 0 Å². The zero-order valence-electron chi connectivity index (χ0n) is 22.4. The number of rotatable bonds is 15. The van der Waals surface area contributed by atoms with Crippen molar-refractivity contribution in [3.8, 4) is 0 Å². The van der Waals surface area contributed by atoms with Crippen LogP contribution in [0, 0.1) is 11.8 Å². The predicted molar refractivity (Wildman–Crippen MR) is 147 cm³/mol. The maximum Gasteiger partial charge on any atom is 0.333 e. The Morgan fingerprint density at radius 1 is 1.12 bits per heavy atom. The molecule has 1 N–H and O–H groups in total. The number of carbonyl (C=O) groups excluding carboxylic acids is 1. The standard InChI is InChI=1S/C30H50O3Si/c1-6-7-8-10-25-12-16-28(17-13-25)29-18-14-26(15-19-29)23-34(4,5)20-9-11-27(21-31)22-33-30(32)24(2)3/h12-13,16-17,26-27,29,31H,2,6-11,14-15,18-23H2,1,3-5H3. The van der Waals surface area contributed by atoms with Gasteiger partial charge in [0.05, 0.1) is 6.61 Å². The fourth-order valence-electron chi connectivity index (χ4n) is 5.53. The van der Waals surface area contributed by atoms with Crippen molar-refractivity contribution < 1.29 is 14.6 Å². The van der Waals surface area contributed by atoms with E-state index in [1.54, 1.807) is 12.5 Å². The van der Waals surface area contributed by atoms with Crippen LogP contribution < -0.4 is 0 Å². The molecule has 1 aliphatic carbocycles. The fourth-order valence-corrected chi connectivity index (χ4v) is 8.87. The molecule has 1 aromatic carbocycles. The number of hydrogen-bond donors (Lipinski definition) is 1. The molecule has 192 valence electrons. The lowest BCUT2D eigenvalue weighted by Crippen LogP contribution is -2.30. The van der Waals surface area contributed by atoms with Crippen LogP contribution in [0.1, 0.15) is 88.7 Å². The highest BCUT2D eigenvalue weighted by Gasteiger charge is 2.29. The molecule has 1 fully saturated rings. The summed E-state index contributed by atoms with van der Waals surface area (Å²) in [7, 11) is -1.26. The van der Waals surface area contributed by atoms with Crippen LogP contribution in [0.4, 0.5) is 0 Å². The van der Waals surface area contributed by atoms with Crippen LogP contribution in [0.25, 0.3) is 0 Å². The summed E-state index contributed by atoms with van der Waals surface area (Å²) in [4.78, 5) is 11.6. The maximum absolute atomic E-state index is 11.6. The van der Waals surface area contributed by atoms with E-state index in [0.29, 0.717) is 12.2 Å². The molecule has 1 saturated carbocycles. The zero-order valence-corrected chi connectivity index (χ0v) is 23.4. The summed E-state index contributed by atoms with van der Waals surface area (Å²) in [5.41, 5.74) is 3.46. The third kappa shape index (κ3) is 10.5. The minimum absolute atomic E-state index is 0.0431. The van der Waals surface area contributed by atoms with Crippen molar-refractivity contribution in [3.05, 3.63) is 47.5 Å². The molecule has 0 aromatic heterocycles. The lowest BCUT2D eigenvalue weighted by molar-refractivity contribution is -0.140. The Morgan fingerprint density at radius 2 is 1.79 bits per heavy atom. The molecule has 3 nitrogen and oxygen atoms in total. The van der Waals surface area contributed by atoms with E-state index in [-0.39, 0.29) is 18.5 Å². The monoisotopic (exact) mass is 486 g/mol. The van der Waals surface area contributed by atoms with E-state index in [9.17, 15) is 9.90 Å². The third-order valence-corrected chi connectivity index (χ3v) is 11.1. The number of esters is 1. The Bertz CT molecular complexity index is 732. The van der Waals surface area contributed by atoms with E-state index in [2.05, 4.69) is 50.9 Å². The Balaban J connectivity index is 1.70. The number of benzene rings is 1. The van der Waals surface area contributed by atoms with Crippen molar-refractivity contribution in [3.63, 3.8) is 0 Å². The second kappa shape index (κ2) is 14.9. The lowest BCUT2D eigenvalue weighted by Gasteiger charge is -2.34. The summed E-state index contributed by atoms with van der Waals surface area (Å²) in [6, 6.07) is 12.2. The average molecular weight is 487 g/mol. The van der Waals surface area contributed by atoms with E-state index < -0.39 is 8.07 Å². The first-order valence-corrected chi connectivity index (χ1v) is 17.2. The molecule has 0 radical (unpaired) electrons. The molecular weight excluding hydrogens is 436 g/mol. The van der Waals surface area contributed by atoms with Crippen LogP contribution in [0.5, 0.6) is 0 Å². The SMILES string of the molecule is C=C(C)C(=O)OCC(CO)CCC[Si](C)(C)CC1CCC(c2ccc(CCCCC)cc2)CC1. The Morgan fingerprint density at radius 3 is 2.38 bits per heavy atom. The summed E-state index contributed by atoms with van der Waals surface area (Å²) in [5, 5.41) is 9.65. The largest absolute Gasteiger partial charge is 0.462 e. The predicted octanol–water partition coefficient (Wildman–Crippen LogP) is 7.91. The van der Waals surface area contributed by atoms with Gasteiger partial charge in [0, 0.05) is 26.2 Å². The van der Waals surface area contributed by atoms with Crippen molar-refractivity contribution in [2.45, 2.75) is 109 Å². The Kier molecular flexibility index (Phi) is 12.6. The van der Waals surface area contributed by atoms with Crippen molar-refractivity contribution >= 4 is 14.0 Å². The van der Waals surface area contributed by atoms with Gasteiger partial charge in [0.1, 0.15) is 0 Å².